The van der Waals surface area contributed by atoms with Gasteiger partial charge in [0.1, 0.15) is 5.82 Å². The first-order chi connectivity index (χ1) is 12.8. The number of hydrogen-bond donors (Lipinski definition) is 0. The van der Waals surface area contributed by atoms with Crippen LogP contribution < -0.4 is 4.90 Å². The average molecular weight is 370 g/mol. The predicted molar refractivity (Wildman–Crippen MR) is 99.1 cm³/mol. The monoisotopic (exact) mass is 370 g/mol. The molecule has 2 bridgehead atoms. The second-order valence-corrected chi connectivity index (χ2v) is 8.05. The first kappa shape index (κ1) is 16.1. The average Bonchev–Trinajstić information content (AvgIpc) is 3.27. The van der Waals surface area contributed by atoms with Crippen LogP contribution in [-0.4, -0.2) is 69.0 Å². The number of aromatic nitrogens is 3. The van der Waals surface area contributed by atoms with Crippen molar-refractivity contribution in [2.75, 3.05) is 37.6 Å². The summed E-state index contributed by atoms with van der Waals surface area (Å²) in [5.41, 5.74) is 1.16. The van der Waals surface area contributed by atoms with Crippen molar-refractivity contribution in [1.82, 2.24) is 24.4 Å². The van der Waals surface area contributed by atoms with E-state index < -0.39 is 0 Å². The molecule has 0 saturated carbocycles. The van der Waals surface area contributed by atoms with Crippen LogP contribution >= 0.6 is 11.5 Å². The third-order valence-corrected chi connectivity index (χ3v) is 6.75. The molecule has 0 radical (unpaired) electrons. The Labute approximate surface area is 156 Å². The molecule has 2 atom stereocenters. The fraction of sp³-hybridized carbons (Fsp3) is 0.556. The van der Waals surface area contributed by atoms with Gasteiger partial charge in [-0.2, -0.15) is 0 Å². The van der Waals surface area contributed by atoms with Gasteiger partial charge in [0.2, 0.25) is 5.91 Å². The molecule has 1 amide bonds. The van der Waals surface area contributed by atoms with Gasteiger partial charge in [-0.3, -0.25) is 9.69 Å². The Morgan fingerprint density at radius 3 is 2.88 bits per heavy atom. The highest BCUT2D eigenvalue weighted by molar-refractivity contribution is 7.05. The predicted octanol–water partition coefficient (Wildman–Crippen LogP) is 1.34. The Balaban J connectivity index is 1.21. The zero-order chi connectivity index (χ0) is 17.5. The number of carbonyl (C=O) groups excluding carboxylic acids is 1. The number of carbonyl (C=O) groups is 1. The summed E-state index contributed by atoms with van der Waals surface area (Å²) in [5.74, 6) is 1.25. The highest BCUT2D eigenvalue weighted by Crippen LogP contribution is 2.44. The molecule has 2 saturated heterocycles. The molecule has 2 fully saturated rings. The normalized spacial score (nSPS) is 25.4. The minimum absolute atomic E-state index is 0.253. The van der Waals surface area contributed by atoms with Gasteiger partial charge in [-0.15, -0.1) is 5.10 Å². The van der Waals surface area contributed by atoms with Crippen LogP contribution in [0.5, 0.6) is 0 Å². The van der Waals surface area contributed by atoms with E-state index in [9.17, 15) is 4.79 Å². The lowest BCUT2D eigenvalue weighted by Crippen LogP contribution is -2.52. The molecule has 3 aliphatic heterocycles. The van der Waals surface area contributed by atoms with Gasteiger partial charge in [0.25, 0.3) is 0 Å². The molecule has 2 aromatic heterocycles. The molecule has 0 aliphatic carbocycles. The van der Waals surface area contributed by atoms with Gasteiger partial charge in [-0.1, -0.05) is 10.6 Å². The summed E-state index contributed by atoms with van der Waals surface area (Å²) >= 11 is 1.51. The van der Waals surface area contributed by atoms with E-state index in [1.54, 1.807) is 0 Å². The van der Waals surface area contributed by atoms with E-state index in [-0.39, 0.29) is 5.91 Å². The zero-order valence-electron chi connectivity index (χ0n) is 14.6. The Bertz CT molecular complexity index is 788. The Hall–Kier alpha value is -2.06. The topological polar surface area (TPSA) is 65.5 Å². The van der Waals surface area contributed by atoms with Crippen molar-refractivity contribution < 1.29 is 4.79 Å². The summed E-state index contributed by atoms with van der Waals surface area (Å²) in [6.45, 7) is 3.76. The quantitative estimate of drug-likeness (QED) is 0.812. The molecule has 26 heavy (non-hydrogen) atoms. The van der Waals surface area contributed by atoms with E-state index in [2.05, 4.69) is 24.4 Å². The fourth-order valence-corrected chi connectivity index (χ4v) is 5.32. The third kappa shape index (κ3) is 2.77. The summed E-state index contributed by atoms with van der Waals surface area (Å²) in [6.07, 6.45) is 5.06. The lowest BCUT2D eigenvalue weighted by molar-refractivity contribution is -0.133. The minimum atomic E-state index is 0.253. The molecule has 0 N–H and O–H groups in total. The molecule has 2 aromatic rings. The van der Waals surface area contributed by atoms with Crippen molar-refractivity contribution in [2.45, 2.75) is 31.3 Å². The summed E-state index contributed by atoms with van der Waals surface area (Å²) in [5, 5.41) is 4.27. The van der Waals surface area contributed by atoms with E-state index >= 15 is 0 Å². The maximum Gasteiger partial charge on any atom is 0.236 e. The first-order valence-electron chi connectivity index (χ1n) is 9.30. The maximum absolute atomic E-state index is 12.9. The summed E-state index contributed by atoms with van der Waals surface area (Å²) in [6, 6.07) is 6.77. The van der Waals surface area contributed by atoms with Gasteiger partial charge in [0.15, 0.2) is 0 Å². The van der Waals surface area contributed by atoms with Crippen LogP contribution in [0.15, 0.2) is 24.4 Å². The van der Waals surface area contributed by atoms with Crippen LogP contribution in [0.4, 0.5) is 5.82 Å². The van der Waals surface area contributed by atoms with Gasteiger partial charge in [-0.25, -0.2) is 4.98 Å². The van der Waals surface area contributed by atoms with E-state index in [1.165, 1.54) is 16.4 Å². The number of nitrogens with zero attached hydrogens (tertiary/aromatic N) is 6. The highest BCUT2D eigenvalue weighted by atomic mass is 32.1. The van der Waals surface area contributed by atoms with Crippen LogP contribution in [-0.2, 0) is 11.2 Å². The van der Waals surface area contributed by atoms with Crippen molar-refractivity contribution in [3.8, 4) is 0 Å². The number of rotatable bonds is 3. The molecule has 8 heteroatoms. The second kappa shape index (κ2) is 6.59. The molecule has 5 heterocycles. The van der Waals surface area contributed by atoms with E-state index in [4.69, 9.17) is 0 Å². The largest absolute Gasteiger partial charge is 0.353 e. The molecule has 136 valence electrons. The summed E-state index contributed by atoms with van der Waals surface area (Å²) in [7, 11) is 0. The van der Waals surface area contributed by atoms with Crippen LogP contribution in [0.25, 0.3) is 0 Å². The second-order valence-electron chi connectivity index (χ2n) is 7.26. The summed E-state index contributed by atoms with van der Waals surface area (Å²) < 4.78 is 4.12. The highest BCUT2D eigenvalue weighted by Gasteiger charge is 2.43. The van der Waals surface area contributed by atoms with Gasteiger partial charge in [-0.05, 0) is 36.5 Å². The molecular weight excluding hydrogens is 348 g/mol. The van der Waals surface area contributed by atoms with Gasteiger partial charge in [0, 0.05) is 50.9 Å². The first-order valence-corrected chi connectivity index (χ1v) is 10.1. The SMILES string of the molecule is O=C(CN1[C@H]2CC[C@H]1c1snnc1C2)N1CCN(c2ccccn2)CC1. The van der Waals surface area contributed by atoms with Crippen LogP contribution in [0.1, 0.15) is 29.5 Å². The molecule has 5 rings (SSSR count). The van der Waals surface area contributed by atoms with Crippen molar-refractivity contribution in [3.63, 3.8) is 0 Å². The fourth-order valence-electron chi connectivity index (χ4n) is 4.49. The Morgan fingerprint density at radius 2 is 2.08 bits per heavy atom. The smallest absolute Gasteiger partial charge is 0.236 e. The standard InChI is InChI=1S/C18H22N6OS/c25-17(23-9-7-22(8-10-23)16-3-1-2-6-19-16)12-24-13-4-5-15(24)18-14(11-13)20-21-26-18/h1-3,6,13,15H,4-5,7-12H2/t13-,15-/m0/s1. The zero-order valence-corrected chi connectivity index (χ0v) is 15.4. The van der Waals surface area contributed by atoms with Gasteiger partial charge >= 0.3 is 0 Å². The Kier molecular flexibility index (Phi) is 4.09. The summed E-state index contributed by atoms with van der Waals surface area (Å²) in [4.78, 5) is 25.3. The van der Waals surface area contributed by atoms with Gasteiger partial charge < -0.3 is 9.80 Å². The van der Waals surface area contributed by atoms with E-state index in [1.807, 2.05) is 29.3 Å². The van der Waals surface area contributed by atoms with E-state index in [0.29, 0.717) is 18.6 Å². The molecular formula is C18H22N6OS. The van der Waals surface area contributed by atoms with Crippen LogP contribution in [0.2, 0.25) is 0 Å². The van der Waals surface area contributed by atoms with Gasteiger partial charge in [0.05, 0.1) is 17.1 Å². The number of anilines is 1. The van der Waals surface area contributed by atoms with Crippen molar-refractivity contribution in [1.29, 1.82) is 0 Å². The minimum Gasteiger partial charge on any atom is -0.353 e. The third-order valence-electron chi connectivity index (χ3n) is 5.88. The number of hydrogen-bond acceptors (Lipinski definition) is 7. The number of piperazine rings is 1. The Morgan fingerprint density at radius 1 is 1.19 bits per heavy atom. The molecule has 0 unspecified atom stereocenters. The molecule has 3 aliphatic rings. The van der Waals surface area contributed by atoms with Crippen LogP contribution in [0, 0.1) is 0 Å². The molecule has 0 spiro atoms. The number of amides is 1. The molecule has 0 aromatic carbocycles. The van der Waals surface area contributed by atoms with Crippen molar-refractivity contribution >= 4 is 23.3 Å². The lowest BCUT2D eigenvalue weighted by atomic mass is 10.1. The molecule has 7 nitrogen and oxygen atoms in total. The number of fused-ring (bicyclic) bond motifs is 4. The number of pyridine rings is 1. The van der Waals surface area contributed by atoms with E-state index in [0.717, 1.165) is 57.0 Å². The van der Waals surface area contributed by atoms with Crippen LogP contribution in [0.3, 0.4) is 0 Å². The van der Waals surface area contributed by atoms with Crippen molar-refractivity contribution in [3.05, 3.63) is 35.0 Å². The lowest BCUT2D eigenvalue weighted by Gasteiger charge is -2.38. The van der Waals surface area contributed by atoms with Crippen molar-refractivity contribution in [2.24, 2.45) is 0 Å². The maximum atomic E-state index is 12.9.